The number of ether oxygens (including phenoxy) is 1. The van der Waals surface area contributed by atoms with Crippen molar-refractivity contribution in [2.24, 2.45) is 5.73 Å². The Morgan fingerprint density at radius 3 is 3.06 bits per heavy atom. The van der Waals surface area contributed by atoms with Crippen molar-refractivity contribution in [3.63, 3.8) is 0 Å². The molecule has 1 heterocycles. The van der Waals surface area contributed by atoms with E-state index >= 15 is 0 Å². The van der Waals surface area contributed by atoms with Crippen LogP contribution in [-0.2, 0) is 9.53 Å². The number of carbonyl (C=O) groups excluding carboxylic acids is 1. The lowest BCUT2D eigenvalue weighted by molar-refractivity contribution is -0.122. The van der Waals surface area contributed by atoms with Crippen LogP contribution in [0.2, 0.25) is 0 Å². The molecule has 1 aromatic heterocycles. The number of rotatable bonds is 6. The van der Waals surface area contributed by atoms with Crippen molar-refractivity contribution in [2.75, 3.05) is 25.1 Å². The summed E-state index contributed by atoms with van der Waals surface area (Å²) in [6.07, 6.45) is 1.48. The third-order valence-corrected chi connectivity index (χ3v) is 2.02. The summed E-state index contributed by atoms with van der Waals surface area (Å²) < 4.78 is 18.7. The Morgan fingerprint density at radius 1 is 1.69 bits per heavy atom. The van der Waals surface area contributed by atoms with Crippen LogP contribution in [-0.4, -0.2) is 30.6 Å². The predicted octanol–water partition coefficient (Wildman–Crippen LogP) is 0.897. The van der Waals surface area contributed by atoms with Crippen molar-refractivity contribution < 1.29 is 13.9 Å². The number of hydrogen-bond donors (Lipinski definition) is 2. The molecule has 0 saturated carbocycles. The number of nitrogens with one attached hydrogen (secondary N) is 1. The molecule has 1 aromatic rings. The molecule has 0 unspecified atom stereocenters. The van der Waals surface area contributed by atoms with E-state index in [1.54, 1.807) is 0 Å². The van der Waals surface area contributed by atoms with E-state index in [4.69, 9.17) is 10.5 Å². The van der Waals surface area contributed by atoms with Gasteiger partial charge >= 0.3 is 0 Å². The molecule has 1 rings (SSSR count). The standard InChI is InChI=1S/C9H11BrFN3O2/c10-6-3-7(11)9(14-4-6)13-1-2-16-5-8(12)15/h3-4H,1-2,5H2,(H2,12,15)(H,13,14). The highest BCUT2D eigenvalue weighted by Gasteiger charge is 2.03. The Morgan fingerprint density at radius 2 is 2.44 bits per heavy atom. The second-order valence-corrected chi connectivity index (χ2v) is 3.85. The van der Waals surface area contributed by atoms with Crippen LogP contribution in [0.1, 0.15) is 0 Å². The molecule has 0 saturated heterocycles. The number of amides is 1. The van der Waals surface area contributed by atoms with Crippen LogP contribution < -0.4 is 11.1 Å². The van der Waals surface area contributed by atoms with Gasteiger partial charge in [-0.25, -0.2) is 9.37 Å². The predicted molar refractivity (Wildman–Crippen MR) is 60.4 cm³/mol. The molecule has 7 heteroatoms. The number of anilines is 1. The van der Waals surface area contributed by atoms with Crippen molar-refractivity contribution >= 4 is 27.7 Å². The molecule has 3 N–H and O–H groups in total. The number of hydrogen-bond acceptors (Lipinski definition) is 4. The third-order valence-electron chi connectivity index (χ3n) is 1.59. The smallest absolute Gasteiger partial charge is 0.243 e. The summed E-state index contributed by atoms with van der Waals surface area (Å²) in [6.45, 7) is 0.455. The van der Waals surface area contributed by atoms with Crippen LogP contribution in [0.15, 0.2) is 16.7 Å². The summed E-state index contributed by atoms with van der Waals surface area (Å²) in [7, 11) is 0. The molecule has 16 heavy (non-hydrogen) atoms. The summed E-state index contributed by atoms with van der Waals surface area (Å²) in [4.78, 5) is 14.2. The zero-order valence-corrected chi connectivity index (χ0v) is 9.96. The highest BCUT2D eigenvalue weighted by atomic mass is 79.9. The van der Waals surface area contributed by atoms with Crippen LogP contribution in [0.5, 0.6) is 0 Å². The van der Waals surface area contributed by atoms with E-state index in [1.165, 1.54) is 12.3 Å². The first-order valence-corrected chi connectivity index (χ1v) is 5.30. The highest BCUT2D eigenvalue weighted by Crippen LogP contribution is 2.15. The Bertz CT molecular complexity index is 376. The van der Waals surface area contributed by atoms with E-state index in [1.807, 2.05) is 0 Å². The zero-order valence-electron chi connectivity index (χ0n) is 8.37. The molecule has 1 amide bonds. The number of aromatic nitrogens is 1. The van der Waals surface area contributed by atoms with Crippen molar-refractivity contribution in [1.82, 2.24) is 4.98 Å². The van der Waals surface area contributed by atoms with Crippen molar-refractivity contribution in [2.45, 2.75) is 0 Å². The molecule has 0 aliphatic rings. The highest BCUT2D eigenvalue weighted by molar-refractivity contribution is 9.10. The Hall–Kier alpha value is -1.21. The molecule has 88 valence electrons. The van der Waals surface area contributed by atoms with Crippen molar-refractivity contribution in [1.29, 1.82) is 0 Å². The van der Waals surface area contributed by atoms with Crippen molar-refractivity contribution in [3.8, 4) is 0 Å². The van der Waals surface area contributed by atoms with Gasteiger partial charge in [0, 0.05) is 17.2 Å². The molecule has 0 aliphatic carbocycles. The average molecular weight is 292 g/mol. The van der Waals surface area contributed by atoms with E-state index in [0.29, 0.717) is 11.0 Å². The number of pyridine rings is 1. The van der Waals surface area contributed by atoms with Gasteiger partial charge in [-0.2, -0.15) is 0 Å². The molecule has 0 atom stereocenters. The van der Waals surface area contributed by atoms with E-state index < -0.39 is 11.7 Å². The summed E-state index contributed by atoms with van der Waals surface area (Å²) in [6, 6.07) is 1.31. The summed E-state index contributed by atoms with van der Waals surface area (Å²) in [5.74, 6) is -0.844. The second-order valence-electron chi connectivity index (χ2n) is 2.93. The topological polar surface area (TPSA) is 77.2 Å². The second kappa shape index (κ2) is 6.39. The lowest BCUT2D eigenvalue weighted by Crippen LogP contribution is -2.20. The maximum absolute atomic E-state index is 13.2. The first-order chi connectivity index (χ1) is 7.59. The Labute approximate surface area is 100 Å². The van der Waals surface area contributed by atoms with Gasteiger partial charge in [-0.3, -0.25) is 4.79 Å². The summed E-state index contributed by atoms with van der Waals surface area (Å²) in [5.41, 5.74) is 4.86. The maximum Gasteiger partial charge on any atom is 0.243 e. The lowest BCUT2D eigenvalue weighted by Gasteiger charge is -2.06. The monoisotopic (exact) mass is 291 g/mol. The van der Waals surface area contributed by atoms with Crippen LogP contribution in [0.25, 0.3) is 0 Å². The minimum atomic E-state index is -0.534. The molecule has 5 nitrogen and oxygen atoms in total. The Kier molecular flexibility index (Phi) is 5.13. The van der Waals surface area contributed by atoms with Crippen LogP contribution in [0.3, 0.4) is 0 Å². The van der Waals surface area contributed by atoms with Gasteiger partial charge in [0.2, 0.25) is 5.91 Å². The van der Waals surface area contributed by atoms with Gasteiger partial charge in [0.1, 0.15) is 6.61 Å². The quantitative estimate of drug-likeness (QED) is 0.764. The van der Waals surface area contributed by atoms with Gasteiger partial charge in [-0.15, -0.1) is 0 Å². The fourth-order valence-corrected chi connectivity index (χ4v) is 1.26. The average Bonchev–Trinajstić information content (AvgIpc) is 2.20. The van der Waals surface area contributed by atoms with Crippen LogP contribution in [0.4, 0.5) is 10.2 Å². The van der Waals surface area contributed by atoms with Crippen LogP contribution >= 0.6 is 15.9 Å². The normalized spacial score (nSPS) is 10.1. The van der Waals surface area contributed by atoms with E-state index in [2.05, 4.69) is 26.2 Å². The maximum atomic E-state index is 13.2. The van der Waals surface area contributed by atoms with Gasteiger partial charge in [-0.1, -0.05) is 0 Å². The lowest BCUT2D eigenvalue weighted by atomic mass is 10.4. The first-order valence-electron chi connectivity index (χ1n) is 4.50. The minimum Gasteiger partial charge on any atom is -0.370 e. The van der Waals surface area contributed by atoms with Crippen LogP contribution in [0, 0.1) is 5.82 Å². The molecule has 0 aromatic carbocycles. The SMILES string of the molecule is NC(=O)COCCNc1ncc(Br)cc1F. The van der Waals surface area contributed by atoms with Gasteiger partial charge in [0.15, 0.2) is 11.6 Å². The molecule has 0 aliphatic heterocycles. The fraction of sp³-hybridized carbons (Fsp3) is 0.333. The van der Waals surface area contributed by atoms with Crippen molar-refractivity contribution in [3.05, 3.63) is 22.6 Å². The number of primary amides is 1. The van der Waals surface area contributed by atoms with Gasteiger partial charge < -0.3 is 15.8 Å². The minimum absolute atomic E-state index is 0.141. The third kappa shape index (κ3) is 4.54. The summed E-state index contributed by atoms with van der Waals surface area (Å²) in [5, 5.41) is 2.73. The molecule has 0 bridgehead atoms. The fourth-order valence-electron chi connectivity index (χ4n) is 0.959. The number of carbonyl (C=O) groups is 1. The largest absolute Gasteiger partial charge is 0.370 e. The molecular formula is C9H11BrFN3O2. The van der Waals surface area contributed by atoms with E-state index in [0.717, 1.165) is 0 Å². The van der Waals surface area contributed by atoms with E-state index in [-0.39, 0.29) is 19.0 Å². The van der Waals surface area contributed by atoms with Gasteiger partial charge in [-0.05, 0) is 22.0 Å². The molecule has 0 fully saturated rings. The van der Waals surface area contributed by atoms with Gasteiger partial charge in [0.05, 0.1) is 6.61 Å². The zero-order chi connectivity index (χ0) is 12.0. The molecule has 0 radical (unpaired) electrons. The Balaban J connectivity index is 2.29. The molecular weight excluding hydrogens is 281 g/mol. The van der Waals surface area contributed by atoms with Gasteiger partial charge in [0.25, 0.3) is 0 Å². The number of nitrogens with two attached hydrogens (primary N) is 1. The molecule has 0 spiro atoms. The number of halogens is 2. The first kappa shape index (κ1) is 12.9. The van der Waals surface area contributed by atoms with E-state index in [9.17, 15) is 9.18 Å². The number of nitrogens with zero attached hydrogens (tertiary/aromatic N) is 1. The summed E-state index contributed by atoms with van der Waals surface area (Å²) >= 11 is 3.10.